The quantitative estimate of drug-likeness (QED) is 0.185. The number of phenols is 1. The third-order valence-corrected chi connectivity index (χ3v) is 10.1. The number of nitrogens with one attached hydrogen (secondary N) is 2. The Morgan fingerprint density at radius 2 is 1.66 bits per heavy atom. The maximum absolute atomic E-state index is 14.2. The molecule has 8 N–H and O–H groups in total. The van der Waals surface area contributed by atoms with Gasteiger partial charge in [0.05, 0.1) is 17.4 Å². The maximum Gasteiger partial charge on any atom is 0.230 e. The van der Waals surface area contributed by atoms with Gasteiger partial charge in [-0.1, -0.05) is 0 Å². The normalized spacial score (nSPS) is 33.0. The molecule has 0 radical (unpaired) electrons. The Kier molecular flexibility index (Phi) is 7.64. The van der Waals surface area contributed by atoms with Crippen LogP contribution < -0.4 is 21.3 Å². The zero-order chi connectivity index (χ0) is 32.8. The number of fused-ring (bicyclic) bond motifs is 3. The van der Waals surface area contributed by atoms with Gasteiger partial charge in [0.1, 0.15) is 17.4 Å². The molecular weight excluding hydrogens is 566 g/mol. The highest BCUT2D eigenvalue weighted by atomic mass is 16.3. The summed E-state index contributed by atoms with van der Waals surface area (Å²) >= 11 is 0. The van der Waals surface area contributed by atoms with E-state index in [4.69, 9.17) is 5.73 Å². The van der Waals surface area contributed by atoms with Crippen LogP contribution in [0.4, 0.5) is 11.4 Å². The van der Waals surface area contributed by atoms with Gasteiger partial charge in [0, 0.05) is 54.4 Å². The zero-order valence-corrected chi connectivity index (χ0v) is 26.9. The lowest BCUT2D eigenvalue weighted by Crippen LogP contribution is -2.73. The second kappa shape index (κ2) is 10.4. The number of likely N-dealkylation sites (N-methyl/N-ethyl adjacent to an activating group) is 1. The Morgan fingerprint density at radius 3 is 2.18 bits per heavy atom. The van der Waals surface area contributed by atoms with E-state index in [1.807, 2.05) is 25.1 Å². The van der Waals surface area contributed by atoms with E-state index >= 15 is 0 Å². The smallest absolute Gasteiger partial charge is 0.230 e. The van der Waals surface area contributed by atoms with E-state index in [0.29, 0.717) is 11.3 Å². The number of aliphatic hydroxyl groups is 3. The molecule has 4 aliphatic rings. The lowest BCUT2D eigenvalue weighted by atomic mass is 9.54. The van der Waals surface area contributed by atoms with Gasteiger partial charge in [-0.2, -0.15) is 0 Å². The third-order valence-electron chi connectivity index (χ3n) is 10.1. The molecular formula is C32H47N5O7. The number of carbonyl (C=O) groups is 3. The van der Waals surface area contributed by atoms with E-state index < -0.39 is 58.7 Å². The maximum atomic E-state index is 14.2. The Labute approximate surface area is 258 Å². The van der Waals surface area contributed by atoms with Gasteiger partial charge < -0.3 is 46.6 Å². The number of nitrogens with zero attached hydrogens (tertiary/aromatic N) is 2. The number of rotatable bonds is 5. The van der Waals surface area contributed by atoms with Gasteiger partial charge in [0.2, 0.25) is 11.7 Å². The Balaban J connectivity index is 1.64. The number of primary amides is 1. The van der Waals surface area contributed by atoms with Crippen LogP contribution in [0.15, 0.2) is 11.6 Å². The van der Waals surface area contributed by atoms with Crippen molar-refractivity contribution in [3.63, 3.8) is 0 Å². The fourth-order valence-electron chi connectivity index (χ4n) is 8.81. The first-order valence-electron chi connectivity index (χ1n) is 15.2. The van der Waals surface area contributed by atoms with E-state index in [1.165, 1.54) is 0 Å². The molecule has 1 aromatic carbocycles. The summed E-state index contributed by atoms with van der Waals surface area (Å²) in [4.78, 5) is 43.6. The van der Waals surface area contributed by atoms with Crippen molar-refractivity contribution in [1.29, 1.82) is 0 Å². The zero-order valence-electron chi connectivity index (χ0n) is 26.9. The Morgan fingerprint density at radius 1 is 1.07 bits per heavy atom. The molecule has 242 valence electrons. The number of hydrogen-bond acceptors (Lipinski definition) is 11. The Hall–Kier alpha value is -3.19. The monoisotopic (exact) mass is 613 g/mol. The van der Waals surface area contributed by atoms with Crippen molar-refractivity contribution < 1.29 is 34.8 Å². The van der Waals surface area contributed by atoms with Crippen LogP contribution in [0, 0.1) is 17.8 Å². The molecule has 0 bridgehead atoms. The number of Topliss-reactive ketones (excluding diaryl/α,β-unsaturated/α-hetero) is 2. The number of aromatic hydroxyl groups is 1. The summed E-state index contributed by atoms with van der Waals surface area (Å²) in [6, 6.07) is 0.906. The van der Waals surface area contributed by atoms with Gasteiger partial charge >= 0.3 is 0 Å². The summed E-state index contributed by atoms with van der Waals surface area (Å²) in [7, 11) is 6.98. The van der Waals surface area contributed by atoms with E-state index in [-0.39, 0.29) is 46.8 Å². The van der Waals surface area contributed by atoms with Crippen molar-refractivity contribution in [2.45, 2.75) is 88.2 Å². The molecule has 3 fully saturated rings. The van der Waals surface area contributed by atoms with Crippen molar-refractivity contribution >= 4 is 34.6 Å². The predicted octanol–water partition coefficient (Wildman–Crippen LogP) is 0.916. The molecule has 2 saturated carbocycles. The highest BCUT2D eigenvalue weighted by Gasteiger charge is 2.67. The van der Waals surface area contributed by atoms with Crippen LogP contribution >= 0.6 is 0 Å². The van der Waals surface area contributed by atoms with Gasteiger partial charge in [-0.25, -0.2) is 0 Å². The van der Waals surface area contributed by atoms with Crippen molar-refractivity contribution in [3.05, 3.63) is 22.8 Å². The molecule has 5 rings (SSSR count). The molecule has 3 aliphatic carbocycles. The summed E-state index contributed by atoms with van der Waals surface area (Å²) in [5.74, 6) is -7.54. The lowest BCUT2D eigenvalue weighted by molar-refractivity contribution is -0.184. The summed E-state index contributed by atoms with van der Waals surface area (Å²) in [6.07, 6.45) is 0.335. The molecule has 2 unspecified atom stereocenters. The summed E-state index contributed by atoms with van der Waals surface area (Å²) in [5, 5.41) is 53.5. The van der Waals surface area contributed by atoms with E-state index in [2.05, 4.69) is 38.3 Å². The van der Waals surface area contributed by atoms with Crippen molar-refractivity contribution in [3.8, 4) is 5.75 Å². The third kappa shape index (κ3) is 4.86. The molecule has 12 nitrogen and oxygen atoms in total. The highest BCUT2D eigenvalue weighted by molar-refractivity contribution is 6.25. The molecule has 0 spiro atoms. The van der Waals surface area contributed by atoms with Gasteiger partial charge in [-0.3, -0.25) is 14.4 Å². The second-order valence-corrected chi connectivity index (χ2v) is 15.0. The molecule has 1 saturated heterocycles. The SMILES string of the molecule is CN(C)c1cc(NC2CC(C)(C)NC(C)(C)C2)c(O)c2c1C[C@@H]1C[C@@H]3[C@@H](N(C)C)C(O)C(C(N)=O)C(=O)[C@]3(O)C(=O)C1=C2O. The first-order valence-corrected chi connectivity index (χ1v) is 15.2. The summed E-state index contributed by atoms with van der Waals surface area (Å²) in [5.41, 5.74) is 4.14. The average molecular weight is 614 g/mol. The first kappa shape index (κ1) is 32.2. The van der Waals surface area contributed by atoms with Crippen LogP contribution in [0.25, 0.3) is 5.76 Å². The van der Waals surface area contributed by atoms with Crippen molar-refractivity contribution in [2.75, 3.05) is 38.4 Å². The second-order valence-electron chi connectivity index (χ2n) is 15.0. The summed E-state index contributed by atoms with van der Waals surface area (Å²) < 4.78 is 0. The largest absolute Gasteiger partial charge is 0.507 e. The van der Waals surface area contributed by atoms with Crippen molar-refractivity contribution in [2.24, 2.45) is 23.5 Å². The van der Waals surface area contributed by atoms with Crippen LogP contribution in [-0.2, 0) is 20.8 Å². The predicted molar refractivity (Wildman–Crippen MR) is 166 cm³/mol. The molecule has 1 heterocycles. The topological polar surface area (TPSA) is 189 Å². The molecule has 6 atom stereocenters. The van der Waals surface area contributed by atoms with Crippen LogP contribution in [0.1, 0.15) is 58.1 Å². The number of aliphatic hydroxyl groups excluding tert-OH is 2. The van der Waals surface area contributed by atoms with Crippen LogP contribution in [-0.4, -0.2) is 106 Å². The number of piperidine rings is 1. The fourth-order valence-corrected chi connectivity index (χ4v) is 8.81. The number of phenolic OH excluding ortho intramolecular Hbond substituents is 1. The number of hydrogen-bond donors (Lipinski definition) is 7. The number of amides is 1. The average Bonchev–Trinajstić information content (AvgIpc) is 2.85. The minimum atomic E-state index is -2.69. The Bertz CT molecular complexity index is 1430. The van der Waals surface area contributed by atoms with Gasteiger partial charge in [0.15, 0.2) is 11.4 Å². The van der Waals surface area contributed by atoms with Gasteiger partial charge in [0.25, 0.3) is 0 Å². The lowest BCUT2D eigenvalue weighted by Gasteiger charge is -2.53. The minimum Gasteiger partial charge on any atom is -0.507 e. The molecule has 1 aliphatic heterocycles. The number of nitrogens with two attached hydrogens (primary N) is 1. The minimum absolute atomic E-state index is 0.0101. The molecule has 44 heavy (non-hydrogen) atoms. The van der Waals surface area contributed by atoms with Crippen LogP contribution in [0.2, 0.25) is 0 Å². The van der Waals surface area contributed by atoms with E-state index in [9.17, 15) is 34.8 Å². The van der Waals surface area contributed by atoms with Crippen LogP contribution in [0.3, 0.4) is 0 Å². The number of anilines is 2. The van der Waals surface area contributed by atoms with E-state index in [0.717, 1.165) is 18.5 Å². The summed E-state index contributed by atoms with van der Waals surface area (Å²) in [6.45, 7) is 8.50. The first-order chi connectivity index (χ1) is 20.2. The molecule has 0 aromatic heterocycles. The number of benzene rings is 1. The van der Waals surface area contributed by atoms with Crippen molar-refractivity contribution in [1.82, 2.24) is 10.2 Å². The highest BCUT2D eigenvalue weighted by Crippen LogP contribution is 2.54. The standard InChI is InChI=1S/C32H47N5O7/c1-30(2)12-15(13-31(3,4)35-30)34-18-11-19(36(5)6)16-9-14-10-17-23(37(7)8)26(40)22(29(33)43)28(42)32(17,44)27(41)20(14)25(39)21(16)24(18)38/h11,14-15,17,22-23,26,34-35,38-40,44H,9-10,12-13H2,1-8H3,(H2,33,43)/t14-,17-,22?,23-,26?,32-/m1/s1. The number of carbonyl (C=O) groups excluding carboxylic acids is 3. The molecule has 1 aromatic rings. The molecule has 1 amide bonds. The number of ketones is 2. The van der Waals surface area contributed by atoms with E-state index in [1.54, 1.807) is 19.0 Å². The van der Waals surface area contributed by atoms with Gasteiger partial charge in [-0.15, -0.1) is 0 Å². The van der Waals surface area contributed by atoms with Crippen LogP contribution in [0.5, 0.6) is 5.75 Å². The van der Waals surface area contributed by atoms with Gasteiger partial charge in [-0.05, 0) is 85.0 Å². The fraction of sp³-hybridized carbons (Fsp3) is 0.656. The molecule has 12 heteroatoms.